The minimum absolute atomic E-state index is 0.00994. The molecule has 6 heteroatoms. The summed E-state index contributed by atoms with van der Waals surface area (Å²) in [6, 6.07) is 4.44. The molecule has 18 heavy (non-hydrogen) atoms. The maximum Gasteiger partial charge on any atom is 0.270 e. The topological polar surface area (TPSA) is 75.4 Å². The number of nitro groups is 1. The highest BCUT2D eigenvalue weighted by atomic mass is 35.5. The van der Waals surface area contributed by atoms with Crippen molar-refractivity contribution in [3.8, 4) is 0 Å². The van der Waals surface area contributed by atoms with Gasteiger partial charge in [-0.1, -0.05) is 11.6 Å². The van der Waals surface area contributed by atoms with E-state index in [0.29, 0.717) is 11.6 Å². The van der Waals surface area contributed by atoms with Crippen LogP contribution in [-0.4, -0.2) is 22.2 Å². The molecule has 0 bridgehead atoms. The average molecular weight is 271 g/mol. The second-order valence-corrected chi connectivity index (χ2v) is 5.09. The lowest BCUT2D eigenvalue weighted by Crippen LogP contribution is -2.53. The van der Waals surface area contributed by atoms with Crippen LogP contribution in [0.5, 0.6) is 0 Å². The van der Waals surface area contributed by atoms with E-state index >= 15 is 0 Å². The molecule has 0 spiro atoms. The summed E-state index contributed by atoms with van der Waals surface area (Å²) < 4.78 is 0. The molecule has 0 radical (unpaired) electrons. The summed E-state index contributed by atoms with van der Waals surface area (Å²) in [6.07, 6.45) is 3.02. The molecule has 2 N–H and O–H groups in total. The maximum absolute atomic E-state index is 10.6. The van der Waals surface area contributed by atoms with Crippen LogP contribution in [0.4, 0.5) is 5.69 Å². The van der Waals surface area contributed by atoms with Crippen molar-refractivity contribution in [3.63, 3.8) is 0 Å². The molecule has 1 aromatic carbocycles. The molecule has 0 heterocycles. The van der Waals surface area contributed by atoms with Crippen LogP contribution >= 0.6 is 11.6 Å². The van der Waals surface area contributed by atoms with E-state index in [0.717, 1.165) is 24.8 Å². The summed E-state index contributed by atoms with van der Waals surface area (Å²) in [7, 11) is 0. The number of aliphatic hydroxyl groups excluding tert-OH is 1. The normalized spacial score (nSPS) is 17.2. The van der Waals surface area contributed by atoms with Crippen LogP contribution in [-0.2, 0) is 6.54 Å². The van der Waals surface area contributed by atoms with Gasteiger partial charge in [-0.05, 0) is 30.9 Å². The van der Waals surface area contributed by atoms with Crippen molar-refractivity contribution in [1.29, 1.82) is 0 Å². The zero-order valence-corrected chi connectivity index (χ0v) is 10.6. The van der Waals surface area contributed by atoms with Crippen LogP contribution in [0.2, 0.25) is 5.02 Å². The van der Waals surface area contributed by atoms with Crippen molar-refractivity contribution in [1.82, 2.24) is 5.32 Å². The number of hydrogen-bond donors (Lipinski definition) is 2. The van der Waals surface area contributed by atoms with E-state index in [4.69, 9.17) is 11.6 Å². The quantitative estimate of drug-likeness (QED) is 0.636. The number of nitro benzene ring substituents is 1. The molecule has 0 aliphatic heterocycles. The molecule has 1 aromatic rings. The Bertz CT molecular complexity index is 455. The van der Waals surface area contributed by atoms with Crippen LogP contribution < -0.4 is 5.32 Å². The van der Waals surface area contributed by atoms with Gasteiger partial charge in [0.2, 0.25) is 0 Å². The van der Waals surface area contributed by atoms with Gasteiger partial charge in [-0.15, -0.1) is 0 Å². The first kappa shape index (κ1) is 13.3. The molecular weight excluding hydrogens is 256 g/mol. The van der Waals surface area contributed by atoms with Gasteiger partial charge in [-0.2, -0.15) is 0 Å². The van der Waals surface area contributed by atoms with Crippen molar-refractivity contribution >= 4 is 17.3 Å². The van der Waals surface area contributed by atoms with Gasteiger partial charge in [0.25, 0.3) is 5.69 Å². The van der Waals surface area contributed by atoms with Crippen LogP contribution in [0, 0.1) is 10.1 Å². The second-order valence-electron chi connectivity index (χ2n) is 4.68. The SMILES string of the molecule is O=[N+]([O-])c1ccc(CNC2(CO)CCC2)c(Cl)c1. The van der Waals surface area contributed by atoms with Gasteiger partial charge in [0.05, 0.1) is 16.6 Å². The Morgan fingerprint density at radius 1 is 1.50 bits per heavy atom. The van der Waals surface area contributed by atoms with Crippen molar-refractivity contribution in [2.75, 3.05) is 6.61 Å². The summed E-state index contributed by atoms with van der Waals surface area (Å²) in [4.78, 5) is 10.1. The predicted octanol–water partition coefficient (Wildman–Crippen LogP) is 2.25. The van der Waals surface area contributed by atoms with E-state index < -0.39 is 4.92 Å². The summed E-state index contributed by atoms with van der Waals surface area (Å²) in [5, 5.41) is 23.6. The minimum atomic E-state index is -0.468. The standard InChI is InChI=1S/C12H15ClN2O3/c13-11-6-10(15(17)18)3-2-9(11)7-14-12(8-16)4-1-5-12/h2-3,6,14,16H,1,4-5,7-8H2. The minimum Gasteiger partial charge on any atom is -0.394 e. The Labute approximate surface area is 110 Å². The highest BCUT2D eigenvalue weighted by molar-refractivity contribution is 6.31. The first-order valence-electron chi connectivity index (χ1n) is 5.85. The molecule has 1 aliphatic rings. The van der Waals surface area contributed by atoms with E-state index in [1.54, 1.807) is 6.07 Å². The molecule has 1 aliphatic carbocycles. The molecule has 0 amide bonds. The number of non-ortho nitro benzene ring substituents is 1. The summed E-state index contributed by atoms with van der Waals surface area (Å²) in [5.74, 6) is 0. The third kappa shape index (κ3) is 2.63. The Morgan fingerprint density at radius 2 is 2.22 bits per heavy atom. The Balaban J connectivity index is 2.03. The fraction of sp³-hybridized carbons (Fsp3) is 0.500. The highest BCUT2D eigenvalue weighted by Crippen LogP contribution is 2.32. The molecule has 1 fully saturated rings. The predicted molar refractivity (Wildman–Crippen MR) is 68.6 cm³/mol. The molecule has 0 unspecified atom stereocenters. The van der Waals surface area contributed by atoms with Gasteiger partial charge in [-0.25, -0.2) is 0 Å². The van der Waals surface area contributed by atoms with Gasteiger partial charge in [-0.3, -0.25) is 10.1 Å². The molecular formula is C12H15ClN2O3. The molecule has 98 valence electrons. The van der Waals surface area contributed by atoms with E-state index in [-0.39, 0.29) is 17.8 Å². The van der Waals surface area contributed by atoms with Crippen LogP contribution in [0.15, 0.2) is 18.2 Å². The van der Waals surface area contributed by atoms with Gasteiger partial charge in [0, 0.05) is 24.2 Å². The number of nitrogens with one attached hydrogen (secondary N) is 1. The average Bonchev–Trinajstić information content (AvgIpc) is 2.29. The molecule has 0 atom stereocenters. The zero-order chi connectivity index (χ0) is 13.2. The van der Waals surface area contributed by atoms with Crippen LogP contribution in [0.1, 0.15) is 24.8 Å². The third-order valence-electron chi connectivity index (χ3n) is 3.51. The first-order chi connectivity index (χ1) is 8.56. The van der Waals surface area contributed by atoms with Crippen molar-refractivity contribution in [2.24, 2.45) is 0 Å². The fourth-order valence-electron chi connectivity index (χ4n) is 2.07. The van der Waals surface area contributed by atoms with Crippen molar-refractivity contribution < 1.29 is 10.0 Å². The van der Waals surface area contributed by atoms with Crippen molar-refractivity contribution in [3.05, 3.63) is 38.9 Å². The number of rotatable bonds is 5. The van der Waals surface area contributed by atoms with E-state index in [2.05, 4.69) is 5.32 Å². The smallest absolute Gasteiger partial charge is 0.270 e. The highest BCUT2D eigenvalue weighted by Gasteiger charge is 2.35. The number of hydrogen-bond acceptors (Lipinski definition) is 4. The Morgan fingerprint density at radius 3 is 2.67 bits per heavy atom. The third-order valence-corrected chi connectivity index (χ3v) is 3.87. The molecule has 5 nitrogen and oxygen atoms in total. The lowest BCUT2D eigenvalue weighted by Gasteiger charge is -2.41. The van der Waals surface area contributed by atoms with E-state index in [1.165, 1.54) is 12.1 Å². The largest absolute Gasteiger partial charge is 0.394 e. The Kier molecular flexibility index (Phi) is 3.85. The summed E-state index contributed by atoms with van der Waals surface area (Å²) >= 11 is 6.00. The number of halogens is 1. The number of nitrogens with zero attached hydrogens (tertiary/aromatic N) is 1. The molecule has 0 saturated heterocycles. The maximum atomic E-state index is 10.6. The lowest BCUT2D eigenvalue weighted by molar-refractivity contribution is -0.384. The van der Waals surface area contributed by atoms with Crippen LogP contribution in [0.25, 0.3) is 0 Å². The van der Waals surface area contributed by atoms with Gasteiger partial charge < -0.3 is 10.4 Å². The monoisotopic (exact) mass is 270 g/mol. The number of aliphatic hydroxyl groups is 1. The van der Waals surface area contributed by atoms with Crippen LogP contribution in [0.3, 0.4) is 0 Å². The van der Waals surface area contributed by atoms with Crippen molar-refractivity contribution in [2.45, 2.75) is 31.3 Å². The van der Waals surface area contributed by atoms with Gasteiger partial charge in [0.1, 0.15) is 0 Å². The van der Waals surface area contributed by atoms with Gasteiger partial charge in [0.15, 0.2) is 0 Å². The number of benzene rings is 1. The molecule has 1 saturated carbocycles. The summed E-state index contributed by atoms with van der Waals surface area (Å²) in [5.41, 5.74) is 0.608. The molecule has 2 rings (SSSR count). The van der Waals surface area contributed by atoms with E-state index in [9.17, 15) is 15.2 Å². The second kappa shape index (κ2) is 5.22. The molecule has 0 aromatic heterocycles. The van der Waals surface area contributed by atoms with Gasteiger partial charge >= 0.3 is 0 Å². The van der Waals surface area contributed by atoms with E-state index in [1.807, 2.05) is 0 Å². The zero-order valence-electron chi connectivity index (χ0n) is 9.86. The first-order valence-corrected chi connectivity index (χ1v) is 6.23. The summed E-state index contributed by atoms with van der Waals surface area (Å²) in [6.45, 7) is 0.620. The lowest BCUT2D eigenvalue weighted by atomic mass is 9.77. The Hall–Kier alpha value is -1.17. The fourth-order valence-corrected chi connectivity index (χ4v) is 2.31.